The number of rotatable bonds is 5. The summed E-state index contributed by atoms with van der Waals surface area (Å²) in [6, 6.07) is 12.8. The van der Waals surface area contributed by atoms with E-state index in [0.717, 1.165) is 11.1 Å². The molecule has 0 aliphatic carbocycles. The van der Waals surface area contributed by atoms with Crippen molar-refractivity contribution in [3.8, 4) is 11.5 Å². The number of benzene rings is 3. The predicted molar refractivity (Wildman–Crippen MR) is 132 cm³/mol. The van der Waals surface area contributed by atoms with E-state index in [-0.39, 0.29) is 27.7 Å². The second-order valence-electron chi connectivity index (χ2n) is 8.25. The van der Waals surface area contributed by atoms with E-state index < -0.39 is 29.3 Å². The van der Waals surface area contributed by atoms with E-state index in [9.17, 15) is 19.1 Å². The number of methoxy groups -OCH3 is 2. The molecule has 0 saturated carbocycles. The molecule has 1 amide bonds. The number of amides is 1. The Labute approximate surface area is 207 Å². The molecule has 3 aromatic carbocycles. The zero-order valence-corrected chi connectivity index (χ0v) is 20.3. The lowest BCUT2D eigenvalue weighted by Gasteiger charge is -2.26. The van der Waals surface area contributed by atoms with Gasteiger partial charge in [0.1, 0.15) is 23.1 Å². The standard InChI is InChI=1S/C27H23ClFNO5/c1-14-9-15(2)11-18(10-14)30-24(16-5-7-17(29)8-6-16)23(26(32)27(30)33)25(31)19-12-22(35-4)20(28)13-21(19)34-3/h5-13,24,31H,1-4H3/b25-23+. The molecule has 1 aliphatic rings. The number of aliphatic hydroxyl groups excluding tert-OH is 1. The molecule has 0 radical (unpaired) electrons. The summed E-state index contributed by atoms with van der Waals surface area (Å²) in [6.07, 6.45) is 0. The van der Waals surface area contributed by atoms with Gasteiger partial charge in [0.2, 0.25) is 0 Å². The summed E-state index contributed by atoms with van der Waals surface area (Å²) in [5, 5.41) is 11.7. The first-order valence-electron chi connectivity index (χ1n) is 10.7. The van der Waals surface area contributed by atoms with Crippen molar-refractivity contribution in [2.75, 3.05) is 19.1 Å². The van der Waals surface area contributed by atoms with E-state index in [2.05, 4.69) is 0 Å². The molecule has 1 heterocycles. The van der Waals surface area contributed by atoms with Crippen molar-refractivity contribution >= 4 is 34.7 Å². The number of carbonyl (C=O) groups excluding carboxylic acids is 2. The highest BCUT2D eigenvalue weighted by atomic mass is 35.5. The fourth-order valence-corrected chi connectivity index (χ4v) is 4.57. The summed E-state index contributed by atoms with van der Waals surface area (Å²) < 4.78 is 24.4. The van der Waals surface area contributed by atoms with Crippen molar-refractivity contribution in [3.05, 3.63) is 93.3 Å². The largest absolute Gasteiger partial charge is 0.507 e. The number of anilines is 1. The van der Waals surface area contributed by atoms with Crippen LogP contribution in [0.25, 0.3) is 5.76 Å². The SMILES string of the molecule is COc1cc(/C(O)=C2\C(=O)C(=O)N(c3cc(C)cc(C)c3)C2c2ccc(F)cc2)c(OC)cc1Cl. The Balaban J connectivity index is 2.01. The number of aliphatic hydroxyl groups is 1. The zero-order valence-electron chi connectivity index (χ0n) is 19.6. The van der Waals surface area contributed by atoms with Gasteiger partial charge in [0.05, 0.1) is 36.4 Å². The van der Waals surface area contributed by atoms with Crippen LogP contribution in [0, 0.1) is 19.7 Å². The van der Waals surface area contributed by atoms with Gasteiger partial charge < -0.3 is 14.6 Å². The smallest absolute Gasteiger partial charge is 0.300 e. The van der Waals surface area contributed by atoms with Crippen LogP contribution in [-0.2, 0) is 9.59 Å². The summed E-state index contributed by atoms with van der Waals surface area (Å²) in [6.45, 7) is 3.76. The highest BCUT2D eigenvalue weighted by Crippen LogP contribution is 2.45. The highest BCUT2D eigenvalue weighted by Gasteiger charge is 2.47. The summed E-state index contributed by atoms with van der Waals surface area (Å²) in [5.41, 5.74) is 2.68. The number of aryl methyl sites for hydroxylation is 2. The van der Waals surface area contributed by atoms with Crippen molar-refractivity contribution in [1.29, 1.82) is 0 Å². The molecule has 35 heavy (non-hydrogen) atoms. The van der Waals surface area contributed by atoms with Gasteiger partial charge in [-0.1, -0.05) is 29.8 Å². The third-order valence-corrected chi connectivity index (χ3v) is 6.14. The van der Waals surface area contributed by atoms with Gasteiger partial charge in [0, 0.05) is 11.8 Å². The van der Waals surface area contributed by atoms with Crippen molar-refractivity contribution in [1.82, 2.24) is 0 Å². The molecule has 4 rings (SSSR count). The molecule has 1 atom stereocenters. The Kier molecular flexibility index (Phi) is 6.54. The molecule has 1 N–H and O–H groups in total. The maximum atomic E-state index is 13.7. The minimum atomic E-state index is -1.01. The molecular formula is C27H23ClFNO5. The second kappa shape index (κ2) is 9.43. The van der Waals surface area contributed by atoms with Crippen LogP contribution in [0.2, 0.25) is 5.02 Å². The van der Waals surface area contributed by atoms with E-state index >= 15 is 0 Å². The van der Waals surface area contributed by atoms with E-state index in [4.69, 9.17) is 21.1 Å². The summed E-state index contributed by atoms with van der Waals surface area (Å²) in [7, 11) is 2.80. The molecule has 6 nitrogen and oxygen atoms in total. The molecule has 1 fully saturated rings. The van der Waals surface area contributed by atoms with Crippen LogP contribution in [0.4, 0.5) is 10.1 Å². The molecule has 1 unspecified atom stereocenters. The van der Waals surface area contributed by atoms with E-state index in [1.54, 1.807) is 12.1 Å². The second-order valence-corrected chi connectivity index (χ2v) is 8.66. The molecule has 0 spiro atoms. The van der Waals surface area contributed by atoms with E-state index in [0.29, 0.717) is 11.3 Å². The van der Waals surface area contributed by atoms with Gasteiger partial charge in [-0.05, 0) is 60.9 Å². The Hall–Kier alpha value is -3.84. The van der Waals surface area contributed by atoms with Gasteiger partial charge in [-0.15, -0.1) is 0 Å². The number of nitrogens with zero attached hydrogens (tertiary/aromatic N) is 1. The van der Waals surface area contributed by atoms with Crippen molar-refractivity contribution in [2.45, 2.75) is 19.9 Å². The van der Waals surface area contributed by atoms with Crippen LogP contribution < -0.4 is 14.4 Å². The quantitative estimate of drug-likeness (QED) is 0.277. The maximum Gasteiger partial charge on any atom is 0.300 e. The number of ketones is 1. The first-order valence-corrected chi connectivity index (χ1v) is 11.1. The third-order valence-electron chi connectivity index (χ3n) is 5.84. The first-order chi connectivity index (χ1) is 16.7. The van der Waals surface area contributed by atoms with Crippen LogP contribution in [0.1, 0.15) is 28.3 Å². The normalized spacial score (nSPS) is 17.1. The number of halogens is 2. The Morgan fingerprint density at radius 3 is 2.11 bits per heavy atom. The molecule has 0 bridgehead atoms. The number of hydrogen-bond donors (Lipinski definition) is 1. The van der Waals surface area contributed by atoms with Crippen LogP contribution in [-0.4, -0.2) is 31.0 Å². The minimum Gasteiger partial charge on any atom is -0.507 e. The molecule has 8 heteroatoms. The molecule has 1 saturated heterocycles. The van der Waals surface area contributed by atoms with Crippen molar-refractivity contribution in [2.24, 2.45) is 0 Å². The third kappa shape index (κ3) is 4.35. The minimum absolute atomic E-state index is 0.124. The summed E-state index contributed by atoms with van der Waals surface area (Å²) in [4.78, 5) is 28.0. The van der Waals surface area contributed by atoms with E-state index in [1.807, 2.05) is 19.9 Å². The van der Waals surface area contributed by atoms with Crippen molar-refractivity contribution < 1.29 is 28.6 Å². The van der Waals surface area contributed by atoms with E-state index in [1.165, 1.54) is 55.5 Å². The maximum absolute atomic E-state index is 13.7. The predicted octanol–water partition coefficient (Wildman–Crippen LogP) is 5.74. The van der Waals surface area contributed by atoms with Gasteiger partial charge in [-0.25, -0.2) is 4.39 Å². The fourth-order valence-electron chi connectivity index (χ4n) is 4.34. The van der Waals surface area contributed by atoms with Gasteiger partial charge in [0.15, 0.2) is 0 Å². The van der Waals surface area contributed by atoms with Gasteiger partial charge in [-0.3, -0.25) is 14.5 Å². The van der Waals surface area contributed by atoms with Gasteiger partial charge in [-0.2, -0.15) is 0 Å². The monoisotopic (exact) mass is 495 g/mol. The molecule has 180 valence electrons. The summed E-state index contributed by atoms with van der Waals surface area (Å²) >= 11 is 6.20. The van der Waals surface area contributed by atoms with Crippen LogP contribution in [0.15, 0.2) is 60.2 Å². The first kappa shape index (κ1) is 24.3. The van der Waals surface area contributed by atoms with Crippen LogP contribution >= 0.6 is 11.6 Å². The Morgan fingerprint density at radius 1 is 0.943 bits per heavy atom. The average Bonchev–Trinajstić information content (AvgIpc) is 3.08. The highest BCUT2D eigenvalue weighted by molar-refractivity contribution is 6.51. The number of ether oxygens (including phenoxy) is 2. The lowest BCUT2D eigenvalue weighted by molar-refractivity contribution is -0.132. The number of carbonyl (C=O) groups is 2. The average molecular weight is 496 g/mol. The number of hydrogen-bond acceptors (Lipinski definition) is 5. The van der Waals surface area contributed by atoms with Gasteiger partial charge in [0.25, 0.3) is 11.7 Å². The molecule has 1 aliphatic heterocycles. The lowest BCUT2D eigenvalue weighted by Crippen LogP contribution is -2.29. The van der Waals surface area contributed by atoms with Crippen LogP contribution in [0.3, 0.4) is 0 Å². The fraction of sp³-hybridized carbons (Fsp3) is 0.185. The molecular weight excluding hydrogens is 473 g/mol. The Bertz CT molecular complexity index is 1350. The molecule has 0 aromatic heterocycles. The van der Waals surface area contributed by atoms with Crippen LogP contribution in [0.5, 0.6) is 11.5 Å². The number of Topliss-reactive ketones (excluding diaryl/α,β-unsaturated/α-hetero) is 1. The zero-order chi connectivity index (χ0) is 25.4. The van der Waals surface area contributed by atoms with Crippen molar-refractivity contribution in [3.63, 3.8) is 0 Å². The molecule has 3 aromatic rings. The topological polar surface area (TPSA) is 76.1 Å². The lowest BCUT2D eigenvalue weighted by atomic mass is 9.94. The van der Waals surface area contributed by atoms with Gasteiger partial charge >= 0.3 is 0 Å². The Morgan fingerprint density at radius 2 is 1.54 bits per heavy atom. The summed E-state index contributed by atoms with van der Waals surface area (Å²) in [5.74, 6) is -2.20.